The first-order valence-electron chi connectivity index (χ1n) is 5.77. The second-order valence-electron chi connectivity index (χ2n) is 3.77. The van der Waals surface area contributed by atoms with Crippen molar-refractivity contribution in [2.45, 2.75) is 19.9 Å². The summed E-state index contributed by atoms with van der Waals surface area (Å²) in [6.07, 6.45) is 0. The average molecular weight is 239 g/mol. The standard InChI is InChI=1S/C13H21NO3/c1-5-17-9-10(2)14-12-7-6-11(15-3)8-13(12)16-4/h6-8,10,14H,5,9H2,1-4H3. The average Bonchev–Trinajstić information content (AvgIpc) is 2.36. The van der Waals surface area contributed by atoms with Gasteiger partial charge in [-0.2, -0.15) is 0 Å². The number of benzene rings is 1. The maximum atomic E-state index is 5.36. The van der Waals surface area contributed by atoms with Crippen LogP contribution in [0.1, 0.15) is 13.8 Å². The maximum absolute atomic E-state index is 5.36. The molecule has 0 amide bonds. The van der Waals surface area contributed by atoms with E-state index >= 15 is 0 Å². The molecule has 1 aromatic rings. The van der Waals surface area contributed by atoms with Gasteiger partial charge in [0.2, 0.25) is 0 Å². The molecular weight excluding hydrogens is 218 g/mol. The van der Waals surface area contributed by atoms with Crippen LogP contribution in [0.2, 0.25) is 0 Å². The number of anilines is 1. The van der Waals surface area contributed by atoms with Gasteiger partial charge in [0.25, 0.3) is 0 Å². The van der Waals surface area contributed by atoms with Gasteiger partial charge in [0.05, 0.1) is 26.5 Å². The lowest BCUT2D eigenvalue weighted by Gasteiger charge is -2.17. The van der Waals surface area contributed by atoms with E-state index in [-0.39, 0.29) is 6.04 Å². The predicted molar refractivity (Wildman–Crippen MR) is 69.1 cm³/mol. The number of hydrogen-bond acceptors (Lipinski definition) is 4. The summed E-state index contributed by atoms with van der Waals surface area (Å²) in [5, 5.41) is 3.34. The third-order valence-corrected chi connectivity index (χ3v) is 2.38. The molecule has 0 saturated heterocycles. The highest BCUT2D eigenvalue weighted by Gasteiger charge is 2.08. The molecule has 0 spiro atoms. The molecule has 0 saturated carbocycles. The minimum atomic E-state index is 0.234. The van der Waals surface area contributed by atoms with Gasteiger partial charge in [-0.05, 0) is 26.0 Å². The summed E-state index contributed by atoms with van der Waals surface area (Å²) in [7, 11) is 3.28. The molecule has 4 heteroatoms. The van der Waals surface area contributed by atoms with Gasteiger partial charge in [-0.1, -0.05) is 0 Å². The van der Waals surface area contributed by atoms with E-state index in [0.717, 1.165) is 23.8 Å². The largest absolute Gasteiger partial charge is 0.497 e. The predicted octanol–water partition coefficient (Wildman–Crippen LogP) is 2.54. The molecule has 0 aliphatic carbocycles. The van der Waals surface area contributed by atoms with Crippen LogP contribution in [0.5, 0.6) is 11.5 Å². The first-order valence-corrected chi connectivity index (χ1v) is 5.77. The van der Waals surface area contributed by atoms with Crippen molar-refractivity contribution in [3.8, 4) is 11.5 Å². The van der Waals surface area contributed by atoms with Crippen LogP contribution in [0.3, 0.4) is 0 Å². The highest BCUT2D eigenvalue weighted by atomic mass is 16.5. The van der Waals surface area contributed by atoms with Crippen molar-refractivity contribution >= 4 is 5.69 Å². The Labute approximate surface area is 103 Å². The third kappa shape index (κ3) is 4.15. The highest BCUT2D eigenvalue weighted by molar-refractivity contribution is 5.59. The van der Waals surface area contributed by atoms with Crippen LogP contribution < -0.4 is 14.8 Å². The lowest BCUT2D eigenvalue weighted by Crippen LogP contribution is -2.22. The van der Waals surface area contributed by atoms with E-state index in [1.807, 2.05) is 25.1 Å². The maximum Gasteiger partial charge on any atom is 0.145 e. The summed E-state index contributed by atoms with van der Waals surface area (Å²) in [5.41, 5.74) is 0.945. The molecule has 4 nitrogen and oxygen atoms in total. The Morgan fingerprint density at radius 2 is 2.00 bits per heavy atom. The summed E-state index contributed by atoms with van der Waals surface area (Å²) in [6.45, 7) is 5.46. The lowest BCUT2D eigenvalue weighted by molar-refractivity contribution is 0.141. The first-order chi connectivity index (χ1) is 8.21. The van der Waals surface area contributed by atoms with Gasteiger partial charge in [0.15, 0.2) is 0 Å². The van der Waals surface area contributed by atoms with Gasteiger partial charge in [-0.3, -0.25) is 0 Å². The topological polar surface area (TPSA) is 39.7 Å². The Balaban J connectivity index is 2.69. The summed E-state index contributed by atoms with van der Waals surface area (Å²) >= 11 is 0. The van der Waals surface area contributed by atoms with E-state index < -0.39 is 0 Å². The monoisotopic (exact) mass is 239 g/mol. The van der Waals surface area contributed by atoms with Gasteiger partial charge in [0.1, 0.15) is 11.5 Å². The molecule has 0 aliphatic rings. The number of hydrogen-bond donors (Lipinski definition) is 1. The van der Waals surface area contributed by atoms with Gasteiger partial charge in [-0.25, -0.2) is 0 Å². The molecule has 1 N–H and O–H groups in total. The fourth-order valence-corrected chi connectivity index (χ4v) is 1.52. The molecule has 0 radical (unpaired) electrons. The quantitative estimate of drug-likeness (QED) is 0.793. The van der Waals surface area contributed by atoms with Crippen LogP contribution in [0.4, 0.5) is 5.69 Å². The van der Waals surface area contributed by atoms with Crippen molar-refractivity contribution in [2.75, 3.05) is 32.8 Å². The van der Waals surface area contributed by atoms with Crippen LogP contribution in [-0.2, 0) is 4.74 Å². The van der Waals surface area contributed by atoms with Gasteiger partial charge in [-0.15, -0.1) is 0 Å². The summed E-state index contributed by atoms with van der Waals surface area (Å²) in [5.74, 6) is 1.55. The summed E-state index contributed by atoms with van der Waals surface area (Å²) in [4.78, 5) is 0. The number of rotatable bonds is 7. The Morgan fingerprint density at radius 1 is 1.24 bits per heavy atom. The molecule has 0 aromatic heterocycles. The van der Waals surface area contributed by atoms with Gasteiger partial charge in [0, 0.05) is 18.7 Å². The Hall–Kier alpha value is -1.42. The van der Waals surface area contributed by atoms with E-state index in [2.05, 4.69) is 12.2 Å². The third-order valence-electron chi connectivity index (χ3n) is 2.38. The molecule has 96 valence electrons. The van der Waals surface area contributed by atoms with E-state index in [9.17, 15) is 0 Å². The molecule has 1 aromatic carbocycles. The van der Waals surface area contributed by atoms with Crippen LogP contribution in [0.15, 0.2) is 18.2 Å². The van der Waals surface area contributed by atoms with Gasteiger partial charge < -0.3 is 19.5 Å². The summed E-state index contributed by atoms with van der Waals surface area (Å²) in [6, 6.07) is 5.94. The van der Waals surface area contributed by atoms with Crippen LogP contribution in [0.25, 0.3) is 0 Å². The Kier molecular flexibility index (Phi) is 5.63. The van der Waals surface area contributed by atoms with E-state index in [4.69, 9.17) is 14.2 Å². The van der Waals surface area contributed by atoms with Crippen molar-refractivity contribution in [1.82, 2.24) is 0 Å². The molecular formula is C13H21NO3. The van der Waals surface area contributed by atoms with Crippen molar-refractivity contribution in [3.05, 3.63) is 18.2 Å². The van der Waals surface area contributed by atoms with Crippen LogP contribution in [0, 0.1) is 0 Å². The normalized spacial score (nSPS) is 12.0. The highest BCUT2D eigenvalue weighted by Crippen LogP contribution is 2.29. The van der Waals surface area contributed by atoms with Gasteiger partial charge >= 0.3 is 0 Å². The van der Waals surface area contributed by atoms with Crippen LogP contribution >= 0.6 is 0 Å². The number of methoxy groups -OCH3 is 2. The van der Waals surface area contributed by atoms with Crippen molar-refractivity contribution in [3.63, 3.8) is 0 Å². The van der Waals surface area contributed by atoms with E-state index in [0.29, 0.717) is 6.61 Å². The zero-order chi connectivity index (χ0) is 12.7. The molecule has 0 aliphatic heterocycles. The second-order valence-corrected chi connectivity index (χ2v) is 3.77. The van der Waals surface area contributed by atoms with Crippen molar-refractivity contribution in [1.29, 1.82) is 0 Å². The SMILES string of the molecule is CCOCC(C)Nc1ccc(OC)cc1OC. The zero-order valence-electron chi connectivity index (χ0n) is 10.9. The van der Waals surface area contributed by atoms with Crippen molar-refractivity contribution in [2.24, 2.45) is 0 Å². The molecule has 1 atom stereocenters. The Bertz CT molecular complexity index is 341. The molecule has 0 bridgehead atoms. The zero-order valence-corrected chi connectivity index (χ0v) is 10.9. The number of ether oxygens (including phenoxy) is 3. The Morgan fingerprint density at radius 3 is 2.59 bits per heavy atom. The molecule has 0 fully saturated rings. The minimum absolute atomic E-state index is 0.234. The molecule has 0 heterocycles. The summed E-state index contributed by atoms with van der Waals surface area (Å²) < 4.78 is 15.8. The van der Waals surface area contributed by atoms with E-state index in [1.54, 1.807) is 14.2 Å². The lowest BCUT2D eigenvalue weighted by atomic mass is 10.2. The fraction of sp³-hybridized carbons (Fsp3) is 0.538. The van der Waals surface area contributed by atoms with Crippen molar-refractivity contribution < 1.29 is 14.2 Å². The number of nitrogens with one attached hydrogen (secondary N) is 1. The second kappa shape index (κ2) is 7.01. The first kappa shape index (κ1) is 13.6. The van der Waals surface area contributed by atoms with E-state index in [1.165, 1.54) is 0 Å². The van der Waals surface area contributed by atoms with Crippen LogP contribution in [-0.4, -0.2) is 33.5 Å². The molecule has 17 heavy (non-hydrogen) atoms. The minimum Gasteiger partial charge on any atom is -0.497 e. The smallest absolute Gasteiger partial charge is 0.145 e. The molecule has 1 unspecified atom stereocenters. The molecule has 1 rings (SSSR count). The fourth-order valence-electron chi connectivity index (χ4n) is 1.52.